The van der Waals surface area contributed by atoms with E-state index in [1.807, 2.05) is 17.5 Å². The van der Waals surface area contributed by atoms with Crippen LogP contribution in [0.3, 0.4) is 0 Å². The molecule has 0 bridgehead atoms. The normalized spacial score (nSPS) is 11.6. The summed E-state index contributed by atoms with van der Waals surface area (Å²) in [5, 5.41) is 2.64. The third-order valence-corrected chi connectivity index (χ3v) is 6.57. The molecular formula is C27H23NS. The highest BCUT2D eigenvalue weighted by atomic mass is 32.1. The maximum absolute atomic E-state index is 4.71. The molecule has 0 aliphatic heterocycles. The van der Waals surface area contributed by atoms with E-state index in [9.17, 15) is 0 Å². The van der Waals surface area contributed by atoms with Gasteiger partial charge in [-0.25, -0.2) is 0 Å². The van der Waals surface area contributed by atoms with Gasteiger partial charge < -0.3 is 0 Å². The molecule has 0 aliphatic rings. The van der Waals surface area contributed by atoms with Crippen LogP contribution in [0.25, 0.3) is 42.6 Å². The van der Waals surface area contributed by atoms with E-state index in [0.29, 0.717) is 5.92 Å². The largest absolute Gasteiger partial charge is 0.256 e. The van der Waals surface area contributed by atoms with Crippen LogP contribution >= 0.6 is 11.3 Å². The van der Waals surface area contributed by atoms with Crippen LogP contribution in [-0.4, -0.2) is 4.98 Å². The first kappa shape index (κ1) is 18.1. The molecule has 3 aromatic carbocycles. The second-order valence-electron chi connectivity index (χ2n) is 8.01. The van der Waals surface area contributed by atoms with Crippen molar-refractivity contribution >= 4 is 31.5 Å². The number of hydrogen-bond donors (Lipinski definition) is 0. The minimum Gasteiger partial charge on any atom is -0.256 e. The summed E-state index contributed by atoms with van der Waals surface area (Å²) in [7, 11) is 0. The molecule has 0 spiro atoms. The van der Waals surface area contributed by atoms with Crippen LogP contribution in [0.1, 0.15) is 19.4 Å². The Labute approximate surface area is 175 Å². The second-order valence-corrected chi connectivity index (χ2v) is 9.06. The molecule has 2 heterocycles. The molecule has 5 rings (SSSR count). The van der Waals surface area contributed by atoms with E-state index in [1.54, 1.807) is 0 Å². The summed E-state index contributed by atoms with van der Waals surface area (Å²) >= 11 is 1.87. The van der Waals surface area contributed by atoms with Crippen molar-refractivity contribution in [2.24, 2.45) is 5.92 Å². The minimum absolute atomic E-state index is 0.641. The van der Waals surface area contributed by atoms with Crippen molar-refractivity contribution in [3.8, 4) is 22.4 Å². The van der Waals surface area contributed by atoms with Gasteiger partial charge in [0.1, 0.15) is 0 Å². The Bertz CT molecular complexity index is 1300. The second kappa shape index (κ2) is 7.46. The highest BCUT2D eigenvalue weighted by Gasteiger charge is 2.12. The molecular weight excluding hydrogens is 370 g/mol. The summed E-state index contributed by atoms with van der Waals surface area (Å²) in [6, 6.07) is 28.4. The van der Waals surface area contributed by atoms with E-state index in [4.69, 9.17) is 4.98 Å². The standard InChI is InChI=1S/C27H23NS/c1-18(2)15-19-13-14-28-25(16-19)23-10-6-9-22-24-17-21(20-7-4-3-5-8-20)11-12-26(24)29-27(22)23/h3-14,16-18H,15H2,1-2H3. The van der Waals surface area contributed by atoms with Gasteiger partial charge in [0.15, 0.2) is 0 Å². The lowest BCUT2D eigenvalue weighted by Gasteiger charge is -2.08. The van der Waals surface area contributed by atoms with Crippen molar-refractivity contribution in [1.29, 1.82) is 0 Å². The molecule has 2 aromatic heterocycles. The molecule has 29 heavy (non-hydrogen) atoms. The topological polar surface area (TPSA) is 12.9 Å². The Morgan fingerprint density at radius 1 is 0.793 bits per heavy atom. The Morgan fingerprint density at radius 2 is 1.66 bits per heavy atom. The maximum Gasteiger partial charge on any atom is 0.0719 e. The van der Waals surface area contributed by atoms with E-state index in [2.05, 4.69) is 92.7 Å². The molecule has 2 heteroatoms. The van der Waals surface area contributed by atoms with Crippen LogP contribution in [0.5, 0.6) is 0 Å². The van der Waals surface area contributed by atoms with Crippen molar-refractivity contribution in [1.82, 2.24) is 4.98 Å². The molecule has 1 nitrogen and oxygen atoms in total. The molecule has 0 aliphatic carbocycles. The van der Waals surface area contributed by atoms with Gasteiger partial charge in [-0.2, -0.15) is 0 Å². The number of pyridine rings is 1. The van der Waals surface area contributed by atoms with Gasteiger partial charge in [-0.15, -0.1) is 11.3 Å². The number of aromatic nitrogens is 1. The minimum atomic E-state index is 0.641. The molecule has 0 amide bonds. The number of hydrogen-bond acceptors (Lipinski definition) is 2. The van der Waals surface area contributed by atoms with Gasteiger partial charge in [0.25, 0.3) is 0 Å². The van der Waals surface area contributed by atoms with Crippen LogP contribution in [-0.2, 0) is 6.42 Å². The maximum atomic E-state index is 4.71. The number of thiophene rings is 1. The van der Waals surface area contributed by atoms with Gasteiger partial charge in [-0.05, 0) is 53.3 Å². The fourth-order valence-electron chi connectivity index (χ4n) is 4.03. The molecule has 5 aromatic rings. The number of nitrogens with zero attached hydrogens (tertiary/aromatic N) is 1. The summed E-state index contributed by atoms with van der Waals surface area (Å²) in [5.41, 5.74) is 6.18. The predicted molar refractivity (Wildman–Crippen MR) is 127 cm³/mol. The summed E-state index contributed by atoms with van der Waals surface area (Å²) in [6.45, 7) is 4.52. The van der Waals surface area contributed by atoms with Crippen LogP contribution in [0.15, 0.2) is 85.1 Å². The highest BCUT2D eigenvalue weighted by Crippen LogP contribution is 2.40. The summed E-state index contributed by atoms with van der Waals surface area (Å²) in [5.74, 6) is 0.641. The van der Waals surface area contributed by atoms with Gasteiger partial charge in [-0.3, -0.25) is 4.98 Å². The quantitative estimate of drug-likeness (QED) is 0.301. The van der Waals surface area contributed by atoms with E-state index < -0.39 is 0 Å². The summed E-state index contributed by atoms with van der Waals surface area (Å²) < 4.78 is 2.65. The number of fused-ring (bicyclic) bond motifs is 3. The van der Waals surface area contributed by atoms with Crippen molar-refractivity contribution < 1.29 is 0 Å². The molecule has 0 N–H and O–H groups in total. The number of rotatable bonds is 4. The zero-order chi connectivity index (χ0) is 19.8. The zero-order valence-electron chi connectivity index (χ0n) is 16.7. The average Bonchev–Trinajstić information content (AvgIpc) is 3.12. The van der Waals surface area contributed by atoms with Crippen LogP contribution in [0, 0.1) is 5.92 Å². The van der Waals surface area contributed by atoms with E-state index in [-0.39, 0.29) is 0 Å². The van der Waals surface area contributed by atoms with Crippen molar-refractivity contribution in [2.75, 3.05) is 0 Å². The molecule has 0 fully saturated rings. The van der Waals surface area contributed by atoms with Crippen LogP contribution < -0.4 is 0 Å². The smallest absolute Gasteiger partial charge is 0.0719 e. The first-order chi connectivity index (χ1) is 14.2. The molecule has 142 valence electrons. The van der Waals surface area contributed by atoms with Gasteiger partial charge in [0.05, 0.1) is 5.69 Å². The van der Waals surface area contributed by atoms with Crippen molar-refractivity contribution in [3.63, 3.8) is 0 Å². The van der Waals surface area contributed by atoms with E-state index in [1.165, 1.54) is 42.4 Å². The first-order valence-electron chi connectivity index (χ1n) is 10.1. The van der Waals surface area contributed by atoms with Gasteiger partial charge in [0, 0.05) is 31.9 Å². The zero-order valence-corrected chi connectivity index (χ0v) is 17.5. The van der Waals surface area contributed by atoms with Crippen molar-refractivity contribution in [2.45, 2.75) is 20.3 Å². The average molecular weight is 394 g/mol. The fraction of sp³-hybridized carbons (Fsp3) is 0.148. The van der Waals surface area contributed by atoms with E-state index in [0.717, 1.165) is 12.1 Å². The monoisotopic (exact) mass is 393 g/mol. The third-order valence-electron chi connectivity index (χ3n) is 5.35. The molecule has 0 saturated heterocycles. The Balaban J connectivity index is 1.67. The van der Waals surface area contributed by atoms with Crippen LogP contribution in [0.2, 0.25) is 0 Å². The van der Waals surface area contributed by atoms with Crippen molar-refractivity contribution in [3.05, 3.63) is 90.6 Å². The molecule has 0 unspecified atom stereocenters. The lowest BCUT2D eigenvalue weighted by Crippen LogP contribution is -1.95. The molecule has 0 saturated carbocycles. The number of benzene rings is 3. The first-order valence-corrected chi connectivity index (χ1v) is 11.0. The fourth-order valence-corrected chi connectivity index (χ4v) is 5.24. The van der Waals surface area contributed by atoms with E-state index >= 15 is 0 Å². The van der Waals surface area contributed by atoms with Gasteiger partial charge in [-0.1, -0.05) is 68.4 Å². The lowest BCUT2D eigenvalue weighted by atomic mass is 10.00. The summed E-state index contributed by atoms with van der Waals surface area (Å²) in [6.07, 6.45) is 3.03. The van der Waals surface area contributed by atoms with Gasteiger partial charge >= 0.3 is 0 Å². The lowest BCUT2D eigenvalue weighted by molar-refractivity contribution is 0.647. The third kappa shape index (κ3) is 3.45. The molecule has 0 radical (unpaired) electrons. The summed E-state index contributed by atoms with van der Waals surface area (Å²) in [4.78, 5) is 4.71. The Kier molecular flexibility index (Phi) is 4.65. The Morgan fingerprint density at radius 3 is 2.48 bits per heavy atom. The SMILES string of the molecule is CC(C)Cc1ccnc(-c2cccc3c2sc2ccc(-c4ccccc4)cc23)c1. The van der Waals surface area contributed by atoms with Gasteiger partial charge in [0.2, 0.25) is 0 Å². The molecule has 0 atom stereocenters. The van der Waals surface area contributed by atoms with Crippen LogP contribution in [0.4, 0.5) is 0 Å². The predicted octanol–water partition coefficient (Wildman–Crippen LogP) is 7.98. The highest BCUT2D eigenvalue weighted by molar-refractivity contribution is 7.26. The Hall–Kier alpha value is -2.97.